The summed E-state index contributed by atoms with van der Waals surface area (Å²) in [7, 11) is 3.11. The van der Waals surface area contributed by atoms with Crippen LogP contribution in [-0.4, -0.2) is 26.6 Å². The number of fused-ring (bicyclic) bond motifs is 1. The van der Waals surface area contributed by atoms with Crippen LogP contribution in [0.15, 0.2) is 12.1 Å². The van der Waals surface area contributed by atoms with E-state index in [1.54, 1.807) is 26.4 Å². The summed E-state index contributed by atoms with van der Waals surface area (Å²) in [5.41, 5.74) is 1.52. The maximum absolute atomic E-state index is 11.5. The highest BCUT2D eigenvalue weighted by molar-refractivity contribution is 5.99. The van der Waals surface area contributed by atoms with Gasteiger partial charge in [0.1, 0.15) is 6.61 Å². The van der Waals surface area contributed by atoms with Gasteiger partial charge in [0.2, 0.25) is 0 Å². The van der Waals surface area contributed by atoms with Crippen molar-refractivity contribution in [3.63, 3.8) is 0 Å². The number of carbonyl (C=O) groups is 1. The van der Waals surface area contributed by atoms with Crippen LogP contribution in [0.3, 0.4) is 0 Å². The topological polar surface area (TPSA) is 44.8 Å². The van der Waals surface area contributed by atoms with Gasteiger partial charge in [-0.25, -0.2) is 0 Å². The second-order valence-corrected chi connectivity index (χ2v) is 3.28. The smallest absolute Gasteiger partial charge is 0.188 e. The third kappa shape index (κ3) is 1.68. The summed E-state index contributed by atoms with van der Waals surface area (Å²) < 4.78 is 15.4. The SMILES string of the molecule is COc1cc2c(cc1OC)C(=O)COC2. The van der Waals surface area contributed by atoms with Crippen molar-refractivity contribution in [2.45, 2.75) is 6.61 Å². The molecule has 0 N–H and O–H groups in total. The van der Waals surface area contributed by atoms with Gasteiger partial charge in [-0.1, -0.05) is 0 Å². The number of rotatable bonds is 2. The van der Waals surface area contributed by atoms with Crippen molar-refractivity contribution in [1.29, 1.82) is 0 Å². The third-order valence-corrected chi connectivity index (χ3v) is 2.40. The molecule has 0 radical (unpaired) electrons. The van der Waals surface area contributed by atoms with Gasteiger partial charge in [-0.15, -0.1) is 0 Å². The summed E-state index contributed by atoms with van der Waals surface area (Å²) in [6, 6.07) is 3.49. The van der Waals surface area contributed by atoms with E-state index in [1.165, 1.54) is 0 Å². The van der Waals surface area contributed by atoms with Crippen LogP contribution in [0, 0.1) is 0 Å². The summed E-state index contributed by atoms with van der Waals surface area (Å²) in [6.45, 7) is 0.587. The van der Waals surface area contributed by atoms with E-state index in [2.05, 4.69) is 0 Å². The van der Waals surface area contributed by atoms with Crippen molar-refractivity contribution >= 4 is 5.78 Å². The van der Waals surface area contributed by atoms with E-state index in [4.69, 9.17) is 14.2 Å². The van der Waals surface area contributed by atoms with E-state index >= 15 is 0 Å². The maximum Gasteiger partial charge on any atom is 0.188 e. The summed E-state index contributed by atoms with van der Waals surface area (Å²) in [6.07, 6.45) is 0. The molecule has 1 heterocycles. The highest BCUT2D eigenvalue weighted by Gasteiger charge is 2.20. The Bertz CT molecular complexity index is 398. The number of hydrogen-bond donors (Lipinski definition) is 0. The van der Waals surface area contributed by atoms with Gasteiger partial charge in [0.25, 0.3) is 0 Å². The van der Waals surface area contributed by atoms with E-state index in [1.807, 2.05) is 0 Å². The third-order valence-electron chi connectivity index (χ3n) is 2.40. The summed E-state index contributed by atoms with van der Waals surface area (Å²) >= 11 is 0. The molecule has 1 aromatic carbocycles. The number of Topliss-reactive ketones (excluding diaryl/α,β-unsaturated/α-hetero) is 1. The Kier molecular flexibility index (Phi) is 2.60. The van der Waals surface area contributed by atoms with Crippen LogP contribution in [0.4, 0.5) is 0 Å². The fourth-order valence-electron chi connectivity index (χ4n) is 1.63. The summed E-state index contributed by atoms with van der Waals surface area (Å²) in [4.78, 5) is 11.5. The Hall–Kier alpha value is -1.55. The second-order valence-electron chi connectivity index (χ2n) is 3.28. The Morgan fingerprint density at radius 3 is 2.47 bits per heavy atom. The van der Waals surface area contributed by atoms with Crippen LogP contribution >= 0.6 is 0 Å². The van der Waals surface area contributed by atoms with Gasteiger partial charge >= 0.3 is 0 Å². The molecule has 0 aliphatic carbocycles. The van der Waals surface area contributed by atoms with Crippen LogP contribution in [0.5, 0.6) is 11.5 Å². The summed E-state index contributed by atoms with van der Waals surface area (Å²) in [5, 5.41) is 0. The molecule has 0 spiro atoms. The van der Waals surface area contributed by atoms with Crippen LogP contribution in [0.25, 0.3) is 0 Å². The summed E-state index contributed by atoms with van der Waals surface area (Å²) in [5.74, 6) is 1.18. The first-order valence-electron chi connectivity index (χ1n) is 4.62. The first-order valence-corrected chi connectivity index (χ1v) is 4.62. The molecule has 1 aliphatic rings. The quantitative estimate of drug-likeness (QED) is 0.737. The second kappa shape index (κ2) is 3.90. The molecule has 80 valence electrons. The molecule has 0 saturated heterocycles. The average Bonchev–Trinajstić information content (AvgIpc) is 2.28. The van der Waals surface area contributed by atoms with Crippen molar-refractivity contribution in [2.75, 3.05) is 20.8 Å². The first-order chi connectivity index (χ1) is 7.26. The highest BCUT2D eigenvalue weighted by Crippen LogP contribution is 2.32. The van der Waals surface area contributed by atoms with E-state index in [0.29, 0.717) is 23.7 Å². The average molecular weight is 208 g/mol. The molecule has 2 rings (SSSR count). The zero-order chi connectivity index (χ0) is 10.8. The minimum absolute atomic E-state index is 0.0165. The van der Waals surface area contributed by atoms with E-state index in [0.717, 1.165) is 5.56 Å². The van der Waals surface area contributed by atoms with Crippen LogP contribution in [0.1, 0.15) is 15.9 Å². The minimum Gasteiger partial charge on any atom is -0.493 e. The van der Waals surface area contributed by atoms with E-state index in [9.17, 15) is 4.79 Å². The number of ketones is 1. The van der Waals surface area contributed by atoms with E-state index < -0.39 is 0 Å². The van der Waals surface area contributed by atoms with Crippen molar-refractivity contribution in [1.82, 2.24) is 0 Å². The van der Waals surface area contributed by atoms with E-state index in [-0.39, 0.29) is 12.4 Å². The van der Waals surface area contributed by atoms with Crippen molar-refractivity contribution in [3.05, 3.63) is 23.3 Å². The minimum atomic E-state index is -0.0165. The lowest BCUT2D eigenvalue weighted by Crippen LogP contribution is -2.18. The van der Waals surface area contributed by atoms with Gasteiger partial charge in [0.15, 0.2) is 17.3 Å². The molecule has 0 atom stereocenters. The lowest BCUT2D eigenvalue weighted by atomic mass is 10.0. The number of benzene rings is 1. The molecule has 1 aliphatic heterocycles. The van der Waals surface area contributed by atoms with Crippen molar-refractivity contribution < 1.29 is 19.0 Å². The fourth-order valence-corrected chi connectivity index (χ4v) is 1.63. The fraction of sp³-hybridized carbons (Fsp3) is 0.364. The molecule has 0 fully saturated rings. The molecule has 0 saturated carbocycles. The zero-order valence-corrected chi connectivity index (χ0v) is 8.70. The number of hydrogen-bond acceptors (Lipinski definition) is 4. The van der Waals surface area contributed by atoms with Gasteiger partial charge in [-0.05, 0) is 17.7 Å². The zero-order valence-electron chi connectivity index (χ0n) is 8.70. The van der Waals surface area contributed by atoms with Gasteiger partial charge in [-0.2, -0.15) is 0 Å². The molecular weight excluding hydrogens is 196 g/mol. The Balaban J connectivity index is 2.53. The molecule has 0 bridgehead atoms. The van der Waals surface area contributed by atoms with Crippen molar-refractivity contribution in [2.24, 2.45) is 0 Å². The largest absolute Gasteiger partial charge is 0.493 e. The molecule has 0 amide bonds. The Labute approximate surface area is 87.8 Å². The van der Waals surface area contributed by atoms with Crippen LogP contribution in [0.2, 0.25) is 0 Å². The molecule has 4 nitrogen and oxygen atoms in total. The van der Waals surface area contributed by atoms with Crippen LogP contribution < -0.4 is 9.47 Å². The lowest BCUT2D eigenvalue weighted by Gasteiger charge is -2.18. The first kappa shape index (κ1) is 9.98. The van der Waals surface area contributed by atoms with Gasteiger partial charge < -0.3 is 14.2 Å². The van der Waals surface area contributed by atoms with Crippen molar-refractivity contribution in [3.8, 4) is 11.5 Å². The highest BCUT2D eigenvalue weighted by atomic mass is 16.5. The van der Waals surface area contributed by atoms with Crippen LogP contribution in [-0.2, 0) is 11.3 Å². The molecule has 0 unspecified atom stereocenters. The standard InChI is InChI=1S/C11H12O4/c1-13-10-3-7-5-15-6-9(12)8(7)4-11(10)14-2/h3-4H,5-6H2,1-2H3. The van der Waals surface area contributed by atoms with Gasteiger partial charge in [0.05, 0.1) is 20.8 Å². The molecule has 15 heavy (non-hydrogen) atoms. The number of carbonyl (C=O) groups excluding carboxylic acids is 1. The number of ether oxygens (including phenoxy) is 3. The maximum atomic E-state index is 11.5. The lowest BCUT2D eigenvalue weighted by molar-refractivity contribution is 0.0664. The Morgan fingerprint density at radius 2 is 1.80 bits per heavy atom. The van der Waals surface area contributed by atoms with Gasteiger partial charge in [0, 0.05) is 5.56 Å². The predicted octanol–water partition coefficient (Wildman–Crippen LogP) is 1.42. The molecule has 1 aromatic rings. The number of methoxy groups -OCH3 is 2. The normalized spacial score (nSPS) is 14.7. The molecule has 0 aromatic heterocycles. The predicted molar refractivity (Wildman–Crippen MR) is 53.5 cm³/mol. The molecule has 4 heteroatoms. The Morgan fingerprint density at radius 1 is 1.13 bits per heavy atom. The molecular formula is C11H12O4. The van der Waals surface area contributed by atoms with Gasteiger partial charge in [-0.3, -0.25) is 4.79 Å². The monoisotopic (exact) mass is 208 g/mol.